The number of halogens is 3. The molecule has 2 aromatic rings. The van der Waals surface area contributed by atoms with Crippen molar-refractivity contribution in [2.75, 3.05) is 5.32 Å². The molecule has 0 fully saturated rings. The highest BCUT2D eigenvalue weighted by Crippen LogP contribution is 2.19. The SMILES string of the molecule is CC(C)(C)C(=O)/C=c1\[nH]c(=O)/c(=C\c2cccc(NC(=O)C(F)(F)F)c2)s1. The summed E-state index contributed by atoms with van der Waals surface area (Å²) in [5.74, 6) is -2.23. The topological polar surface area (TPSA) is 79.0 Å². The Morgan fingerprint density at radius 1 is 1.19 bits per heavy atom. The van der Waals surface area contributed by atoms with Crippen LogP contribution in [0.1, 0.15) is 26.3 Å². The highest BCUT2D eigenvalue weighted by molar-refractivity contribution is 7.07. The van der Waals surface area contributed by atoms with Crippen LogP contribution >= 0.6 is 11.3 Å². The zero-order valence-electron chi connectivity index (χ0n) is 14.7. The van der Waals surface area contributed by atoms with Crippen LogP contribution in [0.25, 0.3) is 12.2 Å². The van der Waals surface area contributed by atoms with E-state index in [1.54, 1.807) is 32.2 Å². The van der Waals surface area contributed by atoms with Gasteiger partial charge in [-0.25, -0.2) is 0 Å². The predicted octanol–water partition coefficient (Wildman–Crippen LogP) is 2.16. The van der Waals surface area contributed by atoms with E-state index in [1.165, 1.54) is 30.4 Å². The minimum Gasteiger partial charge on any atom is -0.318 e. The number of nitrogens with one attached hydrogen (secondary N) is 2. The average molecular weight is 398 g/mol. The van der Waals surface area contributed by atoms with Gasteiger partial charge in [-0.2, -0.15) is 13.2 Å². The number of hydrogen-bond donors (Lipinski definition) is 2. The smallest absolute Gasteiger partial charge is 0.318 e. The molecular formula is C18H17F3N2O3S. The van der Waals surface area contributed by atoms with Crippen LogP contribution in [-0.2, 0) is 9.59 Å². The monoisotopic (exact) mass is 398 g/mol. The number of H-pyrrole nitrogens is 1. The summed E-state index contributed by atoms with van der Waals surface area (Å²) in [5, 5.41) is 1.75. The Kier molecular flexibility index (Phi) is 5.74. The van der Waals surface area contributed by atoms with Gasteiger partial charge >= 0.3 is 12.1 Å². The van der Waals surface area contributed by atoms with E-state index in [9.17, 15) is 27.6 Å². The number of ketones is 1. The molecule has 0 saturated heterocycles. The number of aromatic nitrogens is 1. The lowest BCUT2D eigenvalue weighted by Gasteiger charge is -2.12. The summed E-state index contributed by atoms with van der Waals surface area (Å²) in [6, 6.07) is 5.65. The van der Waals surface area contributed by atoms with Gasteiger partial charge in [-0.15, -0.1) is 11.3 Å². The minimum absolute atomic E-state index is 0.0474. The summed E-state index contributed by atoms with van der Waals surface area (Å²) in [7, 11) is 0. The van der Waals surface area contributed by atoms with Crippen LogP contribution < -0.4 is 20.1 Å². The number of carbonyl (C=O) groups excluding carboxylic acids is 2. The Morgan fingerprint density at radius 2 is 1.85 bits per heavy atom. The van der Waals surface area contributed by atoms with Gasteiger partial charge in [-0.1, -0.05) is 32.9 Å². The van der Waals surface area contributed by atoms with Gasteiger partial charge in [-0.05, 0) is 23.8 Å². The van der Waals surface area contributed by atoms with E-state index < -0.39 is 23.1 Å². The Hall–Kier alpha value is -2.68. The molecule has 0 unspecified atom stereocenters. The van der Waals surface area contributed by atoms with Gasteiger partial charge in [-0.3, -0.25) is 14.4 Å². The largest absolute Gasteiger partial charge is 0.471 e. The van der Waals surface area contributed by atoms with E-state index in [4.69, 9.17) is 0 Å². The number of hydrogen-bond acceptors (Lipinski definition) is 4. The van der Waals surface area contributed by atoms with E-state index >= 15 is 0 Å². The van der Waals surface area contributed by atoms with E-state index in [1.807, 2.05) is 0 Å². The van der Waals surface area contributed by atoms with E-state index in [0.29, 0.717) is 10.2 Å². The van der Waals surface area contributed by atoms with Gasteiger partial charge in [0.1, 0.15) is 0 Å². The molecule has 1 aromatic carbocycles. The molecule has 0 aliphatic carbocycles. The molecule has 0 atom stereocenters. The van der Waals surface area contributed by atoms with Gasteiger partial charge in [0.15, 0.2) is 5.78 Å². The number of thiazole rings is 1. The number of anilines is 1. The van der Waals surface area contributed by atoms with Crippen molar-refractivity contribution in [3.63, 3.8) is 0 Å². The third-order valence-corrected chi connectivity index (χ3v) is 4.34. The molecule has 0 spiro atoms. The summed E-state index contributed by atoms with van der Waals surface area (Å²) in [4.78, 5) is 37.7. The van der Waals surface area contributed by atoms with Crippen LogP contribution in [0.2, 0.25) is 0 Å². The molecule has 0 bridgehead atoms. The van der Waals surface area contributed by atoms with Crippen LogP contribution in [0.4, 0.5) is 18.9 Å². The van der Waals surface area contributed by atoms with E-state index in [-0.39, 0.29) is 16.0 Å². The second kappa shape index (κ2) is 7.51. The lowest BCUT2D eigenvalue weighted by Crippen LogP contribution is -2.29. The van der Waals surface area contributed by atoms with Gasteiger partial charge in [0.05, 0.1) is 9.20 Å². The quantitative estimate of drug-likeness (QED) is 0.832. The second-order valence-electron chi connectivity index (χ2n) is 6.76. The molecule has 1 amide bonds. The first-order valence-electron chi connectivity index (χ1n) is 7.81. The molecular weight excluding hydrogens is 381 g/mol. The van der Waals surface area contributed by atoms with Crippen molar-refractivity contribution in [2.45, 2.75) is 26.9 Å². The number of alkyl halides is 3. The Balaban J connectivity index is 2.36. The maximum atomic E-state index is 12.3. The summed E-state index contributed by atoms with van der Waals surface area (Å²) in [6.45, 7) is 5.27. The standard InChI is InChI=1S/C18H17F3N2O3S/c1-17(2,3)13(24)9-14-23-15(25)12(27-14)8-10-5-4-6-11(7-10)22-16(26)18(19,20)21/h4-9H,1-3H3,(H,22,26)(H,23,25)/b12-8+,14-9+. The first-order valence-corrected chi connectivity index (χ1v) is 8.63. The summed E-state index contributed by atoms with van der Waals surface area (Å²) >= 11 is 1.06. The molecule has 9 heteroatoms. The zero-order chi connectivity index (χ0) is 20.4. The zero-order valence-corrected chi connectivity index (χ0v) is 15.5. The van der Waals surface area contributed by atoms with Crippen molar-refractivity contribution in [3.05, 3.63) is 49.4 Å². The predicted molar refractivity (Wildman–Crippen MR) is 97.8 cm³/mol. The van der Waals surface area contributed by atoms with Crippen molar-refractivity contribution in [2.24, 2.45) is 5.41 Å². The molecule has 1 aromatic heterocycles. The molecule has 0 saturated carbocycles. The number of amides is 1. The van der Waals surface area contributed by atoms with Gasteiger partial charge < -0.3 is 10.3 Å². The molecule has 0 aliphatic rings. The normalized spacial score (nSPS) is 13.7. The van der Waals surface area contributed by atoms with Gasteiger partial charge in [0.2, 0.25) is 0 Å². The fourth-order valence-corrected chi connectivity index (χ4v) is 2.80. The molecule has 5 nitrogen and oxygen atoms in total. The molecule has 27 heavy (non-hydrogen) atoms. The summed E-state index contributed by atoms with van der Waals surface area (Å²) < 4.78 is 37.7. The van der Waals surface area contributed by atoms with Crippen LogP contribution in [0.15, 0.2) is 29.1 Å². The molecule has 0 aliphatic heterocycles. The molecule has 144 valence electrons. The van der Waals surface area contributed by atoms with Gasteiger partial charge in [0, 0.05) is 17.2 Å². The Bertz CT molecular complexity index is 1040. The van der Waals surface area contributed by atoms with Crippen molar-refractivity contribution in [1.29, 1.82) is 0 Å². The van der Waals surface area contributed by atoms with Crippen LogP contribution in [0.5, 0.6) is 0 Å². The summed E-state index contributed by atoms with van der Waals surface area (Å²) in [5.41, 5.74) is -0.627. The number of aromatic amines is 1. The lowest BCUT2D eigenvalue weighted by molar-refractivity contribution is -0.167. The lowest BCUT2D eigenvalue weighted by atomic mass is 9.91. The number of Topliss-reactive ketones (excluding diaryl/α,β-unsaturated/α-hetero) is 1. The van der Waals surface area contributed by atoms with Crippen LogP contribution in [0, 0.1) is 5.41 Å². The van der Waals surface area contributed by atoms with Crippen molar-refractivity contribution in [3.8, 4) is 0 Å². The summed E-state index contributed by atoms with van der Waals surface area (Å²) in [6.07, 6.45) is -2.18. The van der Waals surface area contributed by atoms with E-state index in [2.05, 4.69) is 4.98 Å². The second-order valence-corrected chi connectivity index (χ2v) is 7.85. The molecule has 1 heterocycles. The first kappa shape index (κ1) is 20.6. The fourth-order valence-electron chi connectivity index (χ4n) is 1.92. The highest BCUT2D eigenvalue weighted by Gasteiger charge is 2.38. The first-order chi connectivity index (χ1) is 12.4. The maximum Gasteiger partial charge on any atom is 0.471 e. The van der Waals surface area contributed by atoms with Gasteiger partial charge in [0.25, 0.3) is 5.56 Å². The highest BCUT2D eigenvalue weighted by atomic mass is 32.1. The maximum absolute atomic E-state index is 12.3. The van der Waals surface area contributed by atoms with Crippen molar-refractivity contribution >= 4 is 40.9 Å². The molecule has 2 N–H and O–H groups in total. The third-order valence-electron chi connectivity index (χ3n) is 3.38. The minimum atomic E-state index is -4.99. The van der Waals surface area contributed by atoms with Crippen molar-refractivity contribution in [1.82, 2.24) is 4.98 Å². The van der Waals surface area contributed by atoms with Crippen LogP contribution in [-0.4, -0.2) is 22.9 Å². The number of benzene rings is 1. The molecule has 2 rings (SSSR count). The number of rotatable bonds is 3. The fraction of sp³-hybridized carbons (Fsp3) is 0.278. The Labute approximate surface area is 156 Å². The third kappa shape index (κ3) is 5.65. The Morgan fingerprint density at radius 3 is 2.44 bits per heavy atom. The van der Waals surface area contributed by atoms with Crippen molar-refractivity contribution < 1.29 is 22.8 Å². The molecule has 0 radical (unpaired) electrons. The average Bonchev–Trinajstić information content (AvgIpc) is 2.85. The van der Waals surface area contributed by atoms with E-state index in [0.717, 1.165) is 11.3 Å². The van der Waals surface area contributed by atoms with Crippen LogP contribution in [0.3, 0.4) is 0 Å². The number of carbonyl (C=O) groups is 2.